The van der Waals surface area contributed by atoms with E-state index in [1.54, 1.807) is 0 Å². The average molecular weight is 310 g/mol. The number of carbonyl (C=O) groups is 1. The minimum Gasteiger partial charge on any atom is -0.423 e. The zero-order valence-electron chi connectivity index (χ0n) is 12.7. The van der Waals surface area contributed by atoms with E-state index in [2.05, 4.69) is 6.92 Å². The Morgan fingerprint density at radius 1 is 1.27 bits per heavy atom. The molecule has 120 valence electrons. The fourth-order valence-corrected chi connectivity index (χ4v) is 3.14. The van der Waals surface area contributed by atoms with E-state index in [9.17, 15) is 13.6 Å². The summed E-state index contributed by atoms with van der Waals surface area (Å²) in [4.78, 5) is 12.4. The first-order valence-electron chi connectivity index (χ1n) is 7.88. The summed E-state index contributed by atoms with van der Waals surface area (Å²) in [5.41, 5.74) is -0.599. The van der Waals surface area contributed by atoms with Crippen molar-refractivity contribution in [1.82, 2.24) is 0 Å². The van der Waals surface area contributed by atoms with E-state index in [0.717, 1.165) is 38.2 Å². The van der Waals surface area contributed by atoms with Crippen molar-refractivity contribution in [3.05, 3.63) is 28.8 Å². The second kappa shape index (κ2) is 7.33. The maximum Gasteiger partial charge on any atom is 0.494 e. The first-order valence-corrected chi connectivity index (χ1v) is 7.88. The number of carbonyl (C=O) groups excluding carboxylic acids is 1. The van der Waals surface area contributed by atoms with Crippen molar-refractivity contribution in [1.29, 1.82) is 0 Å². The molecule has 1 atom stereocenters. The van der Waals surface area contributed by atoms with Crippen LogP contribution in [0.3, 0.4) is 0 Å². The lowest BCUT2D eigenvalue weighted by atomic mass is 9.73. The van der Waals surface area contributed by atoms with Gasteiger partial charge in [-0.25, -0.2) is 8.78 Å². The monoisotopic (exact) mass is 310 g/mol. The quantitative estimate of drug-likeness (QED) is 0.626. The molecule has 0 saturated heterocycles. The number of fused-ring (bicyclic) bond motifs is 1. The van der Waals surface area contributed by atoms with Crippen LogP contribution in [0, 0.1) is 17.6 Å². The molecule has 0 spiro atoms. The number of Topliss-reactive ketones (excluding diaryl/α,β-unsaturated/α-hetero) is 1. The number of rotatable bonds is 6. The molecule has 1 unspecified atom stereocenters. The van der Waals surface area contributed by atoms with Gasteiger partial charge in [-0.3, -0.25) is 4.79 Å². The van der Waals surface area contributed by atoms with E-state index in [1.807, 2.05) is 0 Å². The summed E-state index contributed by atoms with van der Waals surface area (Å²) in [6, 6.07) is 0.952. The summed E-state index contributed by atoms with van der Waals surface area (Å²) in [5.74, 6) is -2.49. The average Bonchev–Trinajstić information content (AvgIpc) is 2.46. The number of unbranched alkanes of at least 4 members (excludes halogenated alkanes) is 3. The standard InChI is InChI=1S/C16H21BF2O3/c1-2-3-4-5-6-10-7-8-11-12(16(10)20)9-13(18)14(15(11)19)17(21)22/h9-10,21-22H,2-8H2,1H3. The number of hydrogen-bond donors (Lipinski definition) is 2. The molecule has 0 saturated carbocycles. The smallest absolute Gasteiger partial charge is 0.423 e. The fourth-order valence-electron chi connectivity index (χ4n) is 3.14. The largest absolute Gasteiger partial charge is 0.494 e. The number of hydrogen-bond acceptors (Lipinski definition) is 3. The summed E-state index contributed by atoms with van der Waals surface area (Å²) in [5, 5.41) is 18.1. The molecule has 6 heteroatoms. The molecule has 0 aliphatic heterocycles. The Bertz CT molecular complexity index is 561. The lowest BCUT2D eigenvalue weighted by Crippen LogP contribution is -2.38. The highest BCUT2D eigenvalue weighted by atomic mass is 19.1. The van der Waals surface area contributed by atoms with E-state index in [-0.39, 0.29) is 22.8 Å². The second-order valence-electron chi connectivity index (χ2n) is 5.94. The summed E-state index contributed by atoms with van der Waals surface area (Å²) < 4.78 is 28.0. The van der Waals surface area contributed by atoms with Crippen LogP contribution in [0.2, 0.25) is 0 Å². The van der Waals surface area contributed by atoms with Crippen molar-refractivity contribution in [2.45, 2.75) is 51.9 Å². The molecule has 0 bridgehead atoms. The molecule has 1 aliphatic carbocycles. The van der Waals surface area contributed by atoms with Crippen molar-refractivity contribution in [2.75, 3.05) is 0 Å². The highest BCUT2D eigenvalue weighted by Gasteiger charge is 2.33. The molecule has 1 aliphatic rings. The summed E-state index contributed by atoms with van der Waals surface area (Å²) in [6.45, 7) is 2.11. The maximum atomic E-state index is 14.2. The van der Waals surface area contributed by atoms with Crippen LogP contribution in [-0.2, 0) is 6.42 Å². The predicted octanol–water partition coefficient (Wildman–Crippen LogP) is 2.36. The van der Waals surface area contributed by atoms with Crippen molar-refractivity contribution < 1.29 is 23.6 Å². The molecule has 1 aromatic rings. The summed E-state index contributed by atoms with van der Waals surface area (Å²) in [6.07, 6.45) is 5.84. The van der Waals surface area contributed by atoms with Crippen molar-refractivity contribution >= 4 is 18.4 Å². The molecule has 0 fully saturated rings. The third-order valence-electron chi connectivity index (χ3n) is 4.40. The Kier molecular flexibility index (Phi) is 5.70. The number of ketones is 1. The lowest BCUT2D eigenvalue weighted by molar-refractivity contribution is 0.0890. The molecule has 0 heterocycles. The van der Waals surface area contributed by atoms with Crippen LogP contribution in [0.4, 0.5) is 8.78 Å². The Balaban J connectivity index is 2.20. The van der Waals surface area contributed by atoms with Crippen LogP contribution in [0.15, 0.2) is 6.07 Å². The van der Waals surface area contributed by atoms with Crippen LogP contribution in [-0.4, -0.2) is 22.9 Å². The molecule has 3 nitrogen and oxygen atoms in total. The SMILES string of the molecule is CCCCCCC1CCc2c(cc(F)c(B(O)O)c2F)C1=O. The highest BCUT2D eigenvalue weighted by molar-refractivity contribution is 6.58. The van der Waals surface area contributed by atoms with Crippen molar-refractivity contribution in [3.8, 4) is 0 Å². The molecule has 22 heavy (non-hydrogen) atoms. The van der Waals surface area contributed by atoms with E-state index in [4.69, 9.17) is 10.0 Å². The van der Waals surface area contributed by atoms with Gasteiger partial charge in [0.15, 0.2) is 5.78 Å². The van der Waals surface area contributed by atoms with E-state index < -0.39 is 24.2 Å². The Hall–Kier alpha value is -1.27. The number of halogens is 2. The normalized spacial score (nSPS) is 17.5. The zero-order valence-corrected chi connectivity index (χ0v) is 12.7. The van der Waals surface area contributed by atoms with Crippen LogP contribution >= 0.6 is 0 Å². The van der Waals surface area contributed by atoms with Gasteiger partial charge in [0.2, 0.25) is 0 Å². The molecule has 1 aromatic carbocycles. The Morgan fingerprint density at radius 2 is 2.00 bits per heavy atom. The van der Waals surface area contributed by atoms with Crippen LogP contribution in [0.1, 0.15) is 61.4 Å². The third kappa shape index (κ3) is 3.38. The maximum absolute atomic E-state index is 14.2. The minimum atomic E-state index is -2.22. The zero-order chi connectivity index (χ0) is 16.3. The summed E-state index contributed by atoms with van der Waals surface area (Å²) >= 11 is 0. The second-order valence-corrected chi connectivity index (χ2v) is 5.94. The highest BCUT2D eigenvalue weighted by Crippen LogP contribution is 2.30. The molecule has 0 radical (unpaired) electrons. The Morgan fingerprint density at radius 3 is 2.64 bits per heavy atom. The molecular weight excluding hydrogens is 289 g/mol. The number of benzene rings is 1. The van der Waals surface area contributed by atoms with Gasteiger partial charge in [-0.05, 0) is 30.9 Å². The molecule has 2 N–H and O–H groups in total. The minimum absolute atomic E-state index is 0.0612. The molecule has 0 amide bonds. The lowest BCUT2D eigenvalue weighted by Gasteiger charge is -2.25. The van der Waals surface area contributed by atoms with E-state index >= 15 is 0 Å². The Labute approximate surface area is 129 Å². The van der Waals surface area contributed by atoms with Gasteiger partial charge in [-0.2, -0.15) is 0 Å². The van der Waals surface area contributed by atoms with Crippen LogP contribution in [0.25, 0.3) is 0 Å². The van der Waals surface area contributed by atoms with E-state index in [1.165, 1.54) is 0 Å². The topological polar surface area (TPSA) is 57.5 Å². The van der Waals surface area contributed by atoms with Gasteiger partial charge in [0.1, 0.15) is 11.6 Å². The van der Waals surface area contributed by atoms with Gasteiger partial charge in [0, 0.05) is 11.5 Å². The molecular formula is C16H21BF2O3. The first-order chi connectivity index (χ1) is 10.5. The third-order valence-corrected chi connectivity index (χ3v) is 4.40. The molecule has 0 aromatic heterocycles. The van der Waals surface area contributed by atoms with Gasteiger partial charge in [-0.1, -0.05) is 32.6 Å². The predicted molar refractivity (Wildman–Crippen MR) is 81.1 cm³/mol. The van der Waals surface area contributed by atoms with Crippen LogP contribution in [0.5, 0.6) is 0 Å². The van der Waals surface area contributed by atoms with E-state index in [0.29, 0.717) is 12.8 Å². The van der Waals surface area contributed by atoms with Crippen molar-refractivity contribution in [3.63, 3.8) is 0 Å². The van der Waals surface area contributed by atoms with Gasteiger partial charge >= 0.3 is 7.12 Å². The van der Waals surface area contributed by atoms with Gasteiger partial charge < -0.3 is 10.0 Å². The van der Waals surface area contributed by atoms with Crippen LogP contribution < -0.4 is 5.46 Å². The molecule has 2 rings (SSSR count). The van der Waals surface area contributed by atoms with Gasteiger partial charge in [-0.15, -0.1) is 0 Å². The van der Waals surface area contributed by atoms with Gasteiger partial charge in [0.25, 0.3) is 0 Å². The first kappa shape index (κ1) is 17.1. The van der Waals surface area contributed by atoms with Gasteiger partial charge in [0.05, 0.1) is 5.46 Å². The summed E-state index contributed by atoms with van der Waals surface area (Å²) in [7, 11) is -2.22. The fraction of sp³-hybridized carbons (Fsp3) is 0.562. The van der Waals surface area contributed by atoms with Crippen molar-refractivity contribution in [2.24, 2.45) is 5.92 Å².